The first-order chi connectivity index (χ1) is 10.7. The molecule has 0 bridgehead atoms. The van der Waals surface area contributed by atoms with Gasteiger partial charge in [0.2, 0.25) is 0 Å². The third kappa shape index (κ3) is 5.08. The van der Waals surface area contributed by atoms with Crippen LogP contribution < -0.4 is 15.8 Å². The Bertz CT molecular complexity index is 569. The first-order valence-electron chi connectivity index (χ1n) is 7.97. The number of ether oxygens (including phenoxy) is 1. The van der Waals surface area contributed by atoms with Crippen LogP contribution in [0.1, 0.15) is 25.0 Å². The lowest BCUT2D eigenvalue weighted by molar-refractivity contribution is 0.342. The molecular weight excluding hydrogens is 272 g/mol. The number of anilines is 1. The van der Waals surface area contributed by atoms with Gasteiger partial charge in [0.1, 0.15) is 5.75 Å². The largest absolute Gasteiger partial charge is 0.492 e. The fourth-order valence-corrected chi connectivity index (χ4v) is 2.55. The molecule has 2 aromatic rings. The van der Waals surface area contributed by atoms with Crippen molar-refractivity contribution in [2.24, 2.45) is 0 Å². The van der Waals surface area contributed by atoms with Crippen molar-refractivity contribution < 1.29 is 4.74 Å². The number of hydrogen-bond acceptors (Lipinski definition) is 3. The maximum absolute atomic E-state index is 6.01. The smallest absolute Gasteiger partial charge is 0.142 e. The maximum atomic E-state index is 6.01. The monoisotopic (exact) mass is 298 g/mol. The Morgan fingerprint density at radius 1 is 1.09 bits per heavy atom. The summed E-state index contributed by atoms with van der Waals surface area (Å²) in [6.07, 6.45) is 2.02. The highest BCUT2D eigenvalue weighted by atomic mass is 16.5. The van der Waals surface area contributed by atoms with Crippen LogP contribution in [0.25, 0.3) is 0 Å². The summed E-state index contributed by atoms with van der Waals surface area (Å²) in [7, 11) is 0. The zero-order chi connectivity index (χ0) is 15.8. The van der Waals surface area contributed by atoms with Gasteiger partial charge in [0.05, 0.1) is 12.3 Å². The number of nitrogens with two attached hydrogens (primary N) is 1. The number of benzene rings is 2. The van der Waals surface area contributed by atoms with Gasteiger partial charge in [-0.1, -0.05) is 36.4 Å². The molecule has 3 nitrogen and oxygen atoms in total. The van der Waals surface area contributed by atoms with Gasteiger partial charge in [-0.25, -0.2) is 0 Å². The van der Waals surface area contributed by atoms with E-state index in [1.165, 1.54) is 11.1 Å². The molecule has 3 N–H and O–H groups in total. The molecule has 0 heterocycles. The second-order valence-corrected chi connectivity index (χ2v) is 5.60. The third-order valence-corrected chi connectivity index (χ3v) is 3.67. The molecule has 0 radical (unpaired) electrons. The lowest BCUT2D eigenvalue weighted by Gasteiger charge is -2.15. The lowest BCUT2D eigenvalue weighted by atomic mass is 10.1. The SMILES string of the molecule is CCOc1ccc(CC(C)NCCc2ccccc2)cc1N. The molecule has 0 amide bonds. The van der Waals surface area contributed by atoms with Crippen LogP contribution in [0, 0.1) is 0 Å². The van der Waals surface area contributed by atoms with Gasteiger partial charge >= 0.3 is 0 Å². The Labute approximate surface area is 133 Å². The van der Waals surface area contributed by atoms with E-state index in [4.69, 9.17) is 10.5 Å². The Morgan fingerprint density at radius 2 is 1.86 bits per heavy atom. The van der Waals surface area contributed by atoms with E-state index in [2.05, 4.69) is 48.6 Å². The van der Waals surface area contributed by atoms with Gasteiger partial charge in [-0.3, -0.25) is 0 Å². The summed E-state index contributed by atoms with van der Waals surface area (Å²) in [6.45, 7) is 5.79. The normalized spacial score (nSPS) is 12.1. The van der Waals surface area contributed by atoms with Gasteiger partial charge in [0.25, 0.3) is 0 Å². The van der Waals surface area contributed by atoms with Crippen LogP contribution in [0.15, 0.2) is 48.5 Å². The van der Waals surface area contributed by atoms with Gasteiger partial charge in [0.15, 0.2) is 0 Å². The first kappa shape index (κ1) is 16.4. The van der Waals surface area contributed by atoms with Crippen LogP contribution >= 0.6 is 0 Å². The van der Waals surface area contributed by atoms with Crippen LogP contribution in [-0.4, -0.2) is 19.2 Å². The second kappa shape index (κ2) is 8.44. The number of nitrogen functional groups attached to an aromatic ring is 1. The summed E-state index contributed by atoms with van der Waals surface area (Å²) in [4.78, 5) is 0. The molecule has 0 fully saturated rings. The molecule has 3 heteroatoms. The molecular formula is C19H26N2O. The highest BCUT2D eigenvalue weighted by Crippen LogP contribution is 2.23. The van der Waals surface area contributed by atoms with Crippen LogP contribution in [0.2, 0.25) is 0 Å². The van der Waals surface area contributed by atoms with E-state index in [0.717, 1.165) is 30.8 Å². The van der Waals surface area contributed by atoms with Crippen molar-refractivity contribution >= 4 is 5.69 Å². The minimum absolute atomic E-state index is 0.418. The molecule has 22 heavy (non-hydrogen) atoms. The number of nitrogens with one attached hydrogen (secondary N) is 1. The molecule has 0 aliphatic carbocycles. The fourth-order valence-electron chi connectivity index (χ4n) is 2.55. The fraction of sp³-hybridized carbons (Fsp3) is 0.368. The molecule has 2 rings (SSSR count). The average molecular weight is 298 g/mol. The summed E-state index contributed by atoms with van der Waals surface area (Å²) in [6, 6.07) is 17.0. The van der Waals surface area contributed by atoms with E-state index >= 15 is 0 Å². The Kier molecular flexibility index (Phi) is 6.28. The number of hydrogen-bond donors (Lipinski definition) is 2. The van der Waals surface area contributed by atoms with Gasteiger partial charge in [-0.05, 0) is 56.5 Å². The van der Waals surface area contributed by atoms with Crippen molar-refractivity contribution in [1.82, 2.24) is 5.32 Å². The van der Waals surface area contributed by atoms with E-state index in [1.54, 1.807) is 0 Å². The van der Waals surface area contributed by atoms with Crippen molar-refractivity contribution in [3.8, 4) is 5.75 Å². The average Bonchev–Trinajstić information content (AvgIpc) is 2.51. The Balaban J connectivity index is 1.79. The molecule has 0 aliphatic rings. The van der Waals surface area contributed by atoms with E-state index < -0.39 is 0 Å². The number of rotatable bonds is 8. The summed E-state index contributed by atoms with van der Waals surface area (Å²) >= 11 is 0. The zero-order valence-electron chi connectivity index (χ0n) is 13.5. The topological polar surface area (TPSA) is 47.3 Å². The predicted molar refractivity (Wildman–Crippen MR) is 93.3 cm³/mol. The molecule has 0 spiro atoms. The first-order valence-corrected chi connectivity index (χ1v) is 7.97. The molecule has 0 saturated carbocycles. The Morgan fingerprint density at radius 3 is 2.55 bits per heavy atom. The summed E-state index contributed by atoms with van der Waals surface area (Å²) in [5, 5.41) is 3.57. The quantitative estimate of drug-likeness (QED) is 0.734. The second-order valence-electron chi connectivity index (χ2n) is 5.60. The minimum atomic E-state index is 0.418. The van der Waals surface area contributed by atoms with E-state index in [-0.39, 0.29) is 0 Å². The van der Waals surface area contributed by atoms with E-state index in [0.29, 0.717) is 12.6 Å². The van der Waals surface area contributed by atoms with E-state index in [1.807, 2.05) is 19.1 Å². The molecule has 0 aliphatic heterocycles. The van der Waals surface area contributed by atoms with Gasteiger partial charge in [0, 0.05) is 6.04 Å². The lowest BCUT2D eigenvalue weighted by Crippen LogP contribution is -2.30. The standard InChI is InChI=1S/C19H26N2O/c1-3-22-19-10-9-17(14-18(19)20)13-15(2)21-12-11-16-7-5-4-6-8-16/h4-10,14-15,21H,3,11-13,20H2,1-2H3. The van der Waals surface area contributed by atoms with Crippen molar-refractivity contribution in [3.05, 3.63) is 59.7 Å². The molecule has 0 saturated heterocycles. The highest BCUT2D eigenvalue weighted by Gasteiger charge is 2.06. The minimum Gasteiger partial charge on any atom is -0.492 e. The summed E-state index contributed by atoms with van der Waals surface area (Å²) < 4.78 is 5.47. The van der Waals surface area contributed by atoms with Crippen LogP contribution in [-0.2, 0) is 12.8 Å². The molecule has 0 aromatic heterocycles. The van der Waals surface area contributed by atoms with Crippen LogP contribution in [0.4, 0.5) is 5.69 Å². The van der Waals surface area contributed by atoms with Crippen LogP contribution in [0.3, 0.4) is 0 Å². The zero-order valence-corrected chi connectivity index (χ0v) is 13.5. The molecule has 1 unspecified atom stereocenters. The van der Waals surface area contributed by atoms with Gasteiger partial charge in [-0.15, -0.1) is 0 Å². The van der Waals surface area contributed by atoms with Gasteiger partial charge in [-0.2, -0.15) is 0 Å². The third-order valence-electron chi connectivity index (χ3n) is 3.67. The summed E-state index contributed by atoms with van der Waals surface area (Å²) in [5.41, 5.74) is 9.34. The van der Waals surface area contributed by atoms with Crippen molar-refractivity contribution in [1.29, 1.82) is 0 Å². The molecule has 118 valence electrons. The van der Waals surface area contributed by atoms with E-state index in [9.17, 15) is 0 Å². The predicted octanol–water partition coefficient (Wildman–Crippen LogP) is 3.43. The van der Waals surface area contributed by atoms with Crippen molar-refractivity contribution in [3.63, 3.8) is 0 Å². The van der Waals surface area contributed by atoms with Gasteiger partial charge < -0.3 is 15.8 Å². The Hall–Kier alpha value is -2.00. The maximum Gasteiger partial charge on any atom is 0.142 e. The summed E-state index contributed by atoms with van der Waals surface area (Å²) in [5.74, 6) is 0.774. The highest BCUT2D eigenvalue weighted by molar-refractivity contribution is 5.54. The molecule has 1 atom stereocenters. The van der Waals surface area contributed by atoms with Crippen LogP contribution in [0.5, 0.6) is 5.75 Å². The van der Waals surface area contributed by atoms with Crippen molar-refractivity contribution in [2.45, 2.75) is 32.7 Å². The molecule has 2 aromatic carbocycles. The van der Waals surface area contributed by atoms with Crippen molar-refractivity contribution in [2.75, 3.05) is 18.9 Å².